The van der Waals surface area contributed by atoms with Gasteiger partial charge in [0.25, 0.3) is 0 Å². The van der Waals surface area contributed by atoms with Gasteiger partial charge in [-0.3, -0.25) is 0 Å². The summed E-state index contributed by atoms with van der Waals surface area (Å²) in [7, 11) is 0. The van der Waals surface area contributed by atoms with Crippen molar-refractivity contribution in [1.82, 2.24) is 14.5 Å². The molecule has 1 saturated heterocycles. The number of anilines is 1. The largest absolute Gasteiger partial charge is 0.514 e. The van der Waals surface area contributed by atoms with Crippen molar-refractivity contribution in [2.75, 3.05) is 24.7 Å². The number of imidazole rings is 1. The fourth-order valence-corrected chi connectivity index (χ4v) is 5.31. The van der Waals surface area contributed by atoms with Gasteiger partial charge in [0.1, 0.15) is 11.4 Å². The zero-order valence-electron chi connectivity index (χ0n) is 23.3. The van der Waals surface area contributed by atoms with Crippen LogP contribution >= 0.6 is 11.8 Å². The van der Waals surface area contributed by atoms with Crippen molar-refractivity contribution in [3.8, 4) is 16.9 Å². The Morgan fingerprint density at radius 2 is 1.73 bits per heavy atom. The Hall–Kier alpha value is -3.98. The summed E-state index contributed by atoms with van der Waals surface area (Å²) in [5, 5.41) is 3.95. The number of nitrogens with one attached hydrogen (secondary N) is 1. The first-order chi connectivity index (χ1) is 19.2. The van der Waals surface area contributed by atoms with Crippen molar-refractivity contribution < 1.29 is 19.1 Å². The molecule has 1 aromatic heterocycles. The number of fused-ring (bicyclic) bond motifs is 1. The molecule has 1 fully saturated rings. The second-order valence-electron chi connectivity index (χ2n) is 10.8. The second-order valence-corrected chi connectivity index (χ2v) is 11.5. The number of aromatic nitrogens is 2. The molecule has 1 N–H and O–H groups in total. The fourth-order valence-electron chi connectivity index (χ4n) is 4.74. The van der Waals surface area contributed by atoms with Gasteiger partial charge in [-0.2, -0.15) is 0 Å². The van der Waals surface area contributed by atoms with Crippen molar-refractivity contribution in [1.29, 1.82) is 0 Å². The number of amides is 2. The lowest BCUT2D eigenvalue weighted by Gasteiger charge is -2.19. The molecule has 2 heterocycles. The van der Waals surface area contributed by atoms with Gasteiger partial charge in [-0.15, -0.1) is 0 Å². The zero-order chi connectivity index (χ0) is 28.3. The average molecular weight is 559 g/mol. The molecule has 208 valence electrons. The van der Waals surface area contributed by atoms with Gasteiger partial charge in [0.2, 0.25) is 0 Å². The van der Waals surface area contributed by atoms with E-state index >= 15 is 0 Å². The number of thioether (sulfide) groups is 1. The summed E-state index contributed by atoms with van der Waals surface area (Å²) < 4.78 is 13.0. The Morgan fingerprint density at radius 1 is 1.00 bits per heavy atom. The Kier molecular flexibility index (Phi) is 8.02. The van der Waals surface area contributed by atoms with E-state index in [-0.39, 0.29) is 6.03 Å². The van der Waals surface area contributed by atoms with Crippen LogP contribution in [0.4, 0.5) is 15.3 Å². The van der Waals surface area contributed by atoms with Crippen LogP contribution in [0, 0.1) is 0 Å². The van der Waals surface area contributed by atoms with Gasteiger partial charge in [-0.1, -0.05) is 54.2 Å². The smallest absolute Gasteiger partial charge is 0.428 e. The lowest BCUT2D eigenvalue weighted by molar-refractivity contribution is 0.0207. The van der Waals surface area contributed by atoms with E-state index in [2.05, 4.69) is 22.0 Å². The quantitative estimate of drug-likeness (QED) is 0.151. The number of para-hydroxylation sites is 1. The molecule has 0 atom stereocenters. The molecule has 2 amide bonds. The third-order valence-corrected chi connectivity index (χ3v) is 7.29. The van der Waals surface area contributed by atoms with Gasteiger partial charge in [-0.05, 0) is 75.3 Å². The minimum absolute atomic E-state index is 0.0560. The molecule has 5 rings (SSSR count). The summed E-state index contributed by atoms with van der Waals surface area (Å²) in [6.45, 7) is 7.63. The molecule has 3 aromatic carbocycles. The summed E-state index contributed by atoms with van der Waals surface area (Å²) in [6.07, 6.45) is 3.39. The van der Waals surface area contributed by atoms with Crippen LogP contribution in [0.3, 0.4) is 0 Å². The van der Waals surface area contributed by atoms with Crippen LogP contribution < -0.4 is 10.1 Å². The van der Waals surface area contributed by atoms with Crippen LogP contribution in [-0.4, -0.2) is 51.6 Å². The van der Waals surface area contributed by atoms with Crippen LogP contribution in [0.1, 0.15) is 39.2 Å². The number of ether oxygens (including phenoxy) is 2. The topological polar surface area (TPSA) is 85.7 Å². The minimum Gasteiger partial charge on any atom is -0.428 e. The van der Waals surface area contributed by atoms with Gasteiger partial charge >= 0.3 is 12.2 Å². The van der Waals surface area contributed by atoms with E-state index in [1.165, 1.54) is 0 Å². The number of nitrogens with zero attached hydrogens (tertiary/aromatic N) is 3. The molecule has 1 aliphatic rings. The van der Waals surface area contributed by atoms with E-state index in [4.69, 9.17) is 14.5 Å². The molecule has 0 bridgehead atoms. The number of carbonyl (C=O) groups excluding carboxylic acids is 2. The third kappa shape index (κ3) is 6.42. The number of urea groups is 1. The third-order valence-electron chi connectivity index (χ3n) is 6.62. The molecular weight excluding hydrogens is 524 g/mol. The molecule has 0 spiro atoms. The number of benzene rings is 3. The van der Waals surface area contributed by atoms with Crippen molar-refractivity contribution in [2.24, 2.45) is 0 Å². The Balaban J connectivity index is 1.36. The van der Waals surface area contributed by atoms with Gasteiger partial charge in [-0.25, -0.2) is 14.6 Å². The summed E-state index contributed by atoms with van der Waals surface area (Å²) in [4.78, 5) is 31.6. The maximum absolute atomic E-state index is 12.6. The lowest BCUT2D eigenvalue weighted by Crippen LogP contribution is -2.32. The highest BCUT2D eigenvalue weighted by atomic mass is 32.2. The molecule has 4 aromatic rings. The average Bonchev–Trinajstić information content (AvgIpc) is 3.57. The zero-order valence-corrected chi connectivity index (χ0v) is 24.1. The normalized spacial score (nSPS) is 13.4. The van der Waals surface area contributed by atoms with Crippen molar-refractivity contribution in [3.63, 3.8) is 0 Å². The Labute approximate surface area is 238 Å². The number of rotatable bonds is 6. The number of hydrogen-bond acceptors (Lipinski definition) is 6. The van der Waals surface area contributed by atoms with E-state index < -0.39 is 11.8 Å². The molecule has 40 heavy (non-hydrogen) atoms. The lowest BCUT2D eigenvalue weighted by atomic mass is 10.0. The molecule has 0 aliphatic carbocycles. The molecule has 8 nitrogen and oxygen atoms in total. The summed E-state index contributed by atoms with van der Waals surface area (Å²) in [5.41, 5.74) is 4.79. The first-order valence-electron chi connectivity index (χ1n) is 13.4. The highest BCUT2D eigenvalue weighted by Gasteiger charge is 2.20. The predicted molar refractivity (Wildman–Crippen MR) is 159 cm³/mol. The number of likely N-dealkylation sites (tertiary alicyclic amines) is 1. The SMILES string of the molecule is CSc1nc2ccc(NC(=O)N3CCCC3)cc2n1Cc1ccc(-c2ccccc2OC(=O)OC(C)(C)C)cc1. The Bertz CT molecular complexity index is 1520. The van der Waals surface area contributed by atoms with Crippen LogP contribution in [0.2, 0.25) is 0 Å². The van der Waals surface area contributed by atoms with Crippen LogP contribution in [0.15, 0.2) is 71.9 Å². The molecule has 0 unspecified atom stereocenters. The highest BCUT2D eigenvalue weighted by molar-refractivity contribution is 7.98. The van der Waals surface area contributed by atoms with E-state index in [1.807, 2.05) is 59.7 Å². The standard InChI is InChI=1S/C31H34N4O4S/c1-31(2,3)39-30(37)38-27-10-6-5-9-24(27)22-13-11-21(12-14-22)20-35-26-19-23(15-16-25(26)33-29(35)40-4)32-28(36)34-17-7-8-18-34/h5-6,9-16,19H,7-8,17-18,20H2,1-4H3,(H,32,36). The van der Waals surface area contributed by atoms with E-state index in [1.54, 1.807) is 38.6 Å². The molecule has 0 radical (unpaired) electrons. The Morgan fingerprint density at radius 3 is 2.42 bits per heavy atom. The van der Waals surface area contributed by atoms with Crippen molar-refractivity contribution in [3.05, 3.63) is 72.3 Å². The molecule has 0 saturated carbocycles. The minimum atomic E-state index is -0.732. The molecule has 9 heteroatoms. The number of hydrogen-bond donors (Lipinski definition) is 1. The van der Waals surface area contributed by atoms with Crippen LogP contribution in [0.25, 0.3) is 22.2 Å². The fraction of sp³-hybridized carbons (Fsp3) is 0.323. The number of carbonyl (C=O) groups is 2. The summed E-state index contributed by atoms with van der Waals surface area (Å²) in [6, 6.07) is 21.4. The monoisotopic (exact) mass is 558 g/mol. The molecule has 1 aliphatic heterocycles. The maximum atomic E-state index is 12.6. The maximum Gasteiger partial charge on any atom is 0.514 e. The van der Waals surface area contributed by atoms with Crippen LogP contribution in [0.5, 0.6) is 5.75 Å². The van der Waals surface area contributed by atoms with Gasteiger partial charge in [0.05, 0.1) is 17.6 Å². The van der Waals surface area contributed by atoms with Crippen molar-refractivity contribution >= 4 is 40.7 Å². The molecular formula is C31H34N4O4S. The summed E-state index contributed by atoms with van der Waals surface area (Å²) in [5.74, 6) is 0.443. The van der Waals surface area contributed by atoms with Gasteiger partial charge in [0.15, 0.2) is 5.16 Å². The first kappa shape index (κ1) is 27.6. The summed E-state index contributed by atoms with van der Waals surface area (Å²) >= 11 is 1.59. The van der Waals surface area contributed by atoms with E-state index in [0.717, 1.165) is 64.5 Å². The second kappa shape index (κ2) is 11.6. The van der Waals surface area contributed by atoms with E-state index in [0.29, 0.717) is 12.3 Å². The van der Waals surface area contributed by atoms with E-state index in [9.17, 15) is 9.59 Å². The first-order valence-corrected chi connectivity index (χ1v) is 14.6. The van der Waals surface area contributed by atoms with Crippen LogP contribution in [-0.2, 0) is 11.3 Å². The predicted octanol–water partition coefficient (Wildman–Crippen LogP) is 7.42. The highest BCUT2D eigenvalue weighted by Crippen LogP contribution is 2.32. The van der Waals surface area contributed by atoms with Gasteiger partial charge in [0, 0.05) is 24.3 Å². The van der Waals surface area contributed by atoms with Crippen molar-refractivity contribution in [2.45, 2.75) is 50.9 Å². The van der Waals surface area contributed by atoms with Gasteiger partial charge < -0.3 is 24.3 Å².